The number of nitrogens with one attached hydrogen (secondary N) is 1. The van der Waals surface area contributed by atoms with Crippen molar-refractivity contribution in [3.05, 3.63) is 0 Å². The largest absolute Gasteiger partial charge is 0.312 e. The molecule has 15 heavy (non-hydrogen) atoms. The molecule has 3 atom stereocenters. The molecule has 0 aromatic heterocycles. The van der Waals surface area contributed by atoms with E-state index in [4.69, 9.17) is 0 Å². The number of hydrogen-bond acceptors (Lipinski definition) is 3. The molecule has 1 saturated heterocycles. The van der Waals surface area contributed by atoms with Gasteiger partial charge in [0, 0.05) is 31.7 Å². The molecule has 0 aromatic carbocycles. The Labute approximate surface area is 94.8 Å². The molecule has 1 N–H and O–H groups in total. The number of piperidine rings is 1. The summed E-state index contributed by atoms with van der Waals surface area (Å²) in [5.41, 5.74) is 0. The number of hydrogen-bond donors (Lipinski definition) is 1. The Morgan fingerprint density at radius 1 is 1.33 bits per heavy atom. The molecule has 1 heterocycles. The van der Waals surface area contributed by atoms with Gasteiger partial charge in [-0.15, -0.1) is 0 Å². The van der Waals surface area contributed by atoms with Crippen molar-refractivity contribution >= 4 is 0 Å². The molecule has 0 aliphatic carbocycles. The van der Waals surface area contributed by atoms with Gasteiger partial charge in [0.1, 0.15) is 0 Å². The molecule has 0 aromatic rings. The zero-order chi connectivity index (χ0) is 11.4. The van der Waals surface area contributed by atoms with Crippen LogP contribution in [0.15, 0.2) is 0 Å². The molecule has 0 bridgehead atoms. The molecule has 0 unspecified atom stereocenters. The van der Waals surface area contributed by atoms with Crippen LogP contribution in [0, 0.1) is 5.92 Å². The quantitative estimate of drug-likeness (QED) is 0.747. The molecule has 0 radical (unpaired) electrons. The molecular formula is C12H27N3. The highest BCUT2D eigenvalue weighted by molar-refractivity contribution is 4.86. The van der Waals surface area contributed by atoms with Gasteiger partial charge in [0.2, 0.25) is 0 Å². The van der Waals surface area contributed by atoms with E-state index in [0.717, 1.165) is 25.0 Å². The zero-order valence-corrected chi connectivity index (χ0v) is 11.0. The van der Waals surface area contributed by atoms with Gasteiger partial charge in [0.05, 0.1) is 0 Å². The third-order valence-electron chi connectivity index (χ3n) is 3.58. The number of rotatable bonds is 4. The second-order valence-electron chi connectivity index (χ2n) is 5.37. The van der Waals surface area contributed by atoms with E-state index in [-0.39, 0.29) is 0 Å². The van der Waals surface area contributed by atoms with E-state index in [2.05, 4.69) is 50.1 Å². The van der Waals surface area contributed by atoms with Crippen molar-refractivity contribution in [2.24, 2.45) is 5.92 Å². The Hall–Kier alpha value is -0.120. The van der Waals surface area contributed by atoms with Gasteiger partial charge >= 0.3 is 0 Å². The summed E-state index contributed by atoms with van der Waals surface area (Å²) in [6, 6.07) is 1.43. The zero-order valence-electron chi connectivity index (χ0n) is 11.0. The molecular weight excluding hydrogens is 186 g/mol. The number of likely N-dealkylation sites (tertiary alicyclic amines) is 1. The van der Waals surface area contributed by atoms with E-state index in [1.807, 2.05) is 0 Å². The molecule has 0 amide bonds. The second-order valence-corrected chi connectivity index (χ2v) is 5.37. The molecule has 1 aliphatic heterocycles. The molecule has 1 rings (SSSR count). The maximum absolute atomic E-state index is 3.69. The van der Waals surface area contributed by atoms with Gasteiger partial charge in [-0.3, -0.25) is 0 Å². The first-order valence-corrected chi connectivity index (χ1v) is 6.09. The highest BCUT2D eigenvalue weighted by Gasteiger charge is 2.28. The first-order chi connectivity index (χ1) is 7.00. The van der Waals surface area contributed by atoms with Gasteiger partial charge < -0.3 is 15.1 Å². The summed E-state index contributed by atoms with van der Waals surface area (Å²) in [6.45, 7) is 8.15. The van der Waals surface area contributed by atoms with Crippen LogP contribution in [0.5, 0.6) is 0 Å². The highest BCUT2D eigenvalue weighted by atomic mass is 15.2. The fraction of sp³-hybridized carbons (Fsp3) is 1.00. The van der Waals surface area contributed by atoms with Crippen LogP contribution in [0.25, 0.3) is 0 Å². The lowest BCUT2D eigenvalue weighted by Gasteiger charge is -2.40. The van der Waals surface area contributed by atoms with E-state index in [1.54, 1.807) is 0 Å². The second kappa shape index (κ2) is 5.83. The molecule has 3 heteroatoms. The van der Waals surface area contributed by atoms with Crippen LogP contribution in [0.4, 0.5) is 0 Å². The predicted molar refractivity (Wildman–Crippen MR) is 66.2 cm³/mol. The Morgan fingerprint density at radius 3 is 2.60 bits per heavy atom. The average Bonchev–Trinajstić information content (AvgIpc) is 2.13. The lowest BCUT2D eigenvalue weighted by Crippen LogP contribution is -2.51. The summed E-state index contributed by atoms with van der Waals surface area (Å²) >= 11 is 0. The van der Waals surface area contributed by atoms with Gasteiger partial charge in [0.15, 0.2) is 0 Å². The highest BCUT2D eigenvalue weighted by Crippen LogP contribution is 2.20. The van der Waals surface area contributed by atoms with Crippen molar-refractivity contribution in [2.45, 2.75) is 32.4 Å². The standard InChI is InChI=1S/C12H27N3/c1-10-9-15(5)11(2)8-12(10)13-6-7-14(3)4/h10-13H,6-9H2,1-5H3/t10-,11-,12+/m0/s1. The number of likely N-dealkylation sites (N-methyl/N-ethyl adjacent to an activating group) is 1. The number of nitrogens with zero attached hydrogens (tertiary/aromatic N) is 2. The Bertz CT molecular complexity index is 182. The van der Waals surface area contributed by atoms with Crippen LogP contribution in [0.3, 0.4) is 0 Å². The van der Waals surface area contributed by atoms with Crippen LogP contribution in [-0.2, 0) is 0 Å². The summed E-state index contributed by atoms with van der Waals surface area (Å²) < 4.78 is 0. The average molecular weight is 213 g/mol. The third-order valence-corrected chi connectivity index (χ3v) is 3.58. The van der Waals surface area contributed by atoms with Gasteiger partial charge in [-0.1, -0.05) is 6.92 Å². The molecule has 0 saturated carbocycles. The monoisotopic (exact) mass is 213 g/mol. The molecule has 90 valence electrons. The van der Waals surface area contributed by atoms with Crippen LogP contribution < -0.4 is 5.32 Å². The van der Waals surface area contributed by atoms with Crippen LogP contribution in [-0.4, -0.2) is 62.7 Å². The van der Waals surface area contributed by atoms with Crippen LogP contribution in [0.1, 0.15) is 20.3 Å². The van der Waals surface area contributed by atoms with E-state index < -0.39 is 0 Å². The van der Waals surface area contributed by atoms with Crippen LogP contribution >= 0.6 is 0 Å². The first-order valence-electron chi connectivity index (χ1n) is 6.09. The molecule has 0 spiro atoms. The van der Waals surface area contributed by atoms with E-state index in [9.17, 15) is 0 Å². The van der Waals surface area contributed by atoms with Crippen molar-refractivity contribution in [2.75, 3.05) is 40.8 Å². The summed E-state index contributed by atoms with van der Waals surface area (Å²) in [6.07, 6.45) is 1.28. The van der Waals surface area contributed by atoms with Crippen LogP contribution in [0.2, 0.25) is 0 Å². The summed E-state index contributed by atoms with van der Waals surface area (Å²) in [5, 5.41) is 3.69. The first kappa shape index (κ1) is 12.9. The van der Waals surface area contributed by atoms with E-state index in [1.165, 1.54) is 13.0 Å². The van der Waals surface area contributed by atoms with Crippen molar-refractivity contribution < 1.29 is 0 Å². The predicted octanol–water partition coefficient (Wildman–Crippen LogP) is 0.866. The summed E-state index contributed by atoms with van der Waals surface area (Å²) in [7, 11) is 6.49. The lowest BCUT2D eigenvalue weighted by molar-refractivity contribution is 0.121. The fourth-order valence-electron chi connectivity index (χ4n) is 2.30. The minimum absolute atomic E-state index is 0.705. The van der Waals surface area contributed by atoms with Gasteiger partial charge in [-0.2, -0.15) is 0 Å². The van der Waals surface area contributed by atoms with Gasteiger partial charge in [0.25, 0.3) is 0 Å². The Morgan fingerprint density at radius 2 is 2.00 bits per heavy atom. The van der Waals surface area contributed by atoms with Crippen molar-refractivity contribution in [1.82, 2.24) is 15.1 Å². The fourth-order valence-corrected chi connectivity index (χ4v) is 2.30. The third kappa shape index (κ3) is 4.09. The van der Waals surface area contributed by atoms with Gasteiger partial charge in [-0.25, -0.2) is 0 Å². The SMILES string of the molecule is C[C@H]1CN(C)[C@@H](C)C[C@H]1NCCN(C)C. The normalized spacial score (nSPS) is 33.6. The molecule has 3 nitrogen and oxygen atoms in total. The van der Waals surface area contributed by atoms with Crippen molar-refractivity contribution in [3.8, 4) is 0 Å². The minimum atomic E-state index is 0.705. The maximum Gasteiger partial charge on any atom is 0.0120 e. The Kier molecular flexibility index (Phi) is 5.03. The summed E-state index contributed by atoms with van der Waals surface area (Å²) in [4.78, 5) is 4.70. The topological polar surface area (TPSA) is 18.5 Å². The van der Waals surface area contributed by atoms with Crippen molar-refractivity contribution in [1.29, 1.82) is 0 Å². The van der Waals surface area contributed by atoms with E-state index >= 15 is 0 Å². The molecule has 1 fully saturated rings. The lowest BCUT2D eigenvalue weighted by atomic mass is 9.90. The maximum atomic E-state index is 3.69. The molecule has 1 aliphatic rings. The smallest absolute Gasteiger partial charge is 0.0120 e. The minimum Gasteiger partial charge on any atom is -0.312 e. The Balaban J connectivity index is 2.28. The van der Waals surface area contributed by atoms with Gasteiger partial charge in [-0.05, 0) is 40.4 Å². The van der Waals surface area contributed by atoms with E-state index in [0.29, 0.717) is 6.04 Å². The summed E-state index contributed by atoms with van der Waals surface area (Å²) in [5.74, 6) is 0.772. The van der Waals surface area contributed by atoms with Crippen molar-refractivity contribution in [3.63, 3.8) is 0 Å².